The van der Waals surface area contributed by atoms with Crippen molar-refractivity contribution >= 4 is 11.6 Å². The molecule has 1 amide bonds. The third kappa shape index (κ3) is 4.39. The molecule has 0 aliphatic rings. The normalized spacial score (nSPS) is 12.2. The summed E-state index contributed by atoms with van der Waals surface area (Å²) in [6.07, 6.45) is -1.16. The molecule has 0 spiro atoms. The molecule has 7 heteroatoms. The highest BCUT2D eigenvalue weighted by atomic mass is 19.1. The lowest BCUT2D eigenvalue weighted by Crippen LogP contribution is -2.31. The highest BCUT2D eigenvalue weighted by Crippen LogP contribution is 2.29. The Balaban J connectivity index is 2.10. The molecule has 1 unspecified atom stereocenters. The van der Waals surface area contributed by atoms with Crippen molar-refractivity contribution < 1.29 is 13.9 Å². The van der Waals surface area contributed by atoms with Gasteiger partial charge >= 0.3 is 0 Å². The fraction of sp³-hybridized carbons (Fsp3) is 0.409. The second-order valence-electron chi connectivity index (χ2n) is 7.03. The van der Waals surface area contributed by atoms with Crippen molar-refractivity contribution in [2.75, 3.05) is 13.1 Å². The maximum absolute atomic E-state index is 13.1. The summed E-state index contributed by atoms with van der Waals surface area (Å²) in [5, 5.41) is 4.75. The number of alkyl halides is 1. The minimum absolute atomic E-state index is 0.0401. The number of halogens is 1. The van der Waals surface area contributed by atoms with Gasteiger partial charge in [0.05, 0.1) is 12.1 Å². The maximum atomic E-state index is 13.1. The summed E-state index contributed by atoms with van der Waals surface area (Å²) in [4.78, 5) is 19.3. The fourth-order valence-corrected chi connectivity index (χ4v) is 3.48. The minimum Gasteiger partial charge on any atom is -0.461 e. The lowest BCUT2D eigenvalue weighted by molar-refractivity contribution is -0.130. The van der Waals surface area contributed by atoms with E-state index in [1.807, 2.05) is 45.9 Å². The van der Waals surface area contributed by atoms with Crippen LogP contribution in [-0.4, -0.2) is 44.9 Å². The van der Waals surface area contributed by atoms with Crippen LogP contribution < -0.4 is 4.74 Å². The number of likely N-dealkylation sites (N-methyl/N-ethyl adjacent to an activating group) is 1. The zero-order chi connectivity index (χ0) is 21.1. The summed E-state index contributed by atoms with van der Waals surface area (Å²) < 4.78 is 20.0. The van der Waals surface area contributed by atoms with Gasteiger partial charge in [-0.15, -0.1) is 0 Å². The molecule has 0 saturated carbocycles. The molecule has 2 aromatic heterocycles. The number of carbonyl (C=O) groups excluding carboxylic acids is 1. The molecule has 0 radical (unpaired) electrons. The van der Waals surface area contributed by atoms with E-state index in [0.717, 1.165) is 22.5 Å². The van der Waals surface area contributed by atoms with Crippen LogP contribution in [0.25, 0.3) is 16.9 Å². The van der Waals surface area contributed by atoms with E-state index in [1.54, 1.807) is 21.5 Å². The molecular weight excluding hydrogens is 371 g/mol. The number of aryl methyl sites for hydroxylation is 2. The second-order valence-corrected chi connectivity index (χ2v) is 7.03. The summed E-state index contributed by atoms with van der Waals surface area (Å²) in [7, 11) is 0. The van der Waals surface area contributed by atoms with Crippen LogP contribution >= 0.6 is 0 Å². The van der Waals surface area contributed by atoms with Gasteiger partial charge in [-0.25, -0.2) is 13.9 Å². The number of carbonyl (C=O) groups is 1. The van der Waals surface area contributed by atoms with Gasteiger partial charge in [0.2, 0.25) is 12.3 Å². The summed E-state index contributed by atoms with van der Waals surface area (Å²) in [6, 6.07) is 9.02. The highest BCUT2D eigenvalue weighted by Gasteiger charge is 2.22. The Labute approximate surface area is 170 Å². The number of nitrogens with zero attached hydrogens (tertiary/aromatic N) is 4. The molecule has 0 saturated heterocycles. The number of hydrogen-bond donors (Lipinski definition) is 0. The van der Waals surface area contributed by atoms with Crippen molar-refractivity contribution in [2.24, 2.45) is 0 Å². The summed E-state index contributed by atoms with van der Waals surface area (Å²) >= 11 is 0. The van der Waals surface area contributed by atoms with Crippen molar-refractivity contribution in [3.05, 3.63) is 47.3 Å². The van der Waals surface area contributed by atoms with Gasteiger partial charge in [-0.1, -0.05) is 0 Å². The topological polar surface area (TPSA) is 59.7 Å². The van der Waals surface area contributed by atoms with Gasteiger partial charge in [0.25, 0.3) is 0 Å². The van der Waals surface area contributed by atoms with Crippen molar-refractivity contribution in [2.45, 2.75) is 47.4 Å². The van der Waals surface area contributed by atoms with Crippen molar-refractivity contribution in [3.8, 4) is 17.0 Å². The molecule has 29 heavy (non-hydrogen) atoms. The Morgan fingerprint density at radius 2 is 1.86 bits per heavy atom. The minimum atomic E-state index is -1.38. The number of fused-ring (bicyclic) bond motifs is 1. The van der Waals surface area contributed by atoms with Gasteiger partial charge in [-0.3, -0.25) is 4.79 Å². The molecule has 3 rings (SSSR count). The fourth-order valence-electron chi connectivity index (χ4n) is 3.48. The van der Waals surface area contributed by atoms with Crippen LogP contribution in [-0.2, 0) is 11.2 Å². The Kier molecular flexibility index (Phi) is 6.15. The molecule has 154 valence electrons. The molecule has 0 fully saturated rings. The second kappa shape index (κ2) is 8.59. The molecule has 0 bridgehead atoms. The Hall–Kier alpha value is -2.96. The SMILES string of the molecule is CCN(CC)C(=O)Cc1c(-c2ccc(OC(C)F)cc2)nn2c(C)cc(C)nc12. The van der Waals surface area contributed by atoms with Crippen LogP contribution in [0.3, 0.4) is 0 Å². The van der Waals surface area contributed by atoms with Gasteiger partial charge in [-0.2, -0.15) is 5.10 Å². The van der Waals surface area contributed by atoms with E-state index in [1.165, 1.54) is 6.92 Å². The smallest absolute Gasteiger partial charge is 0.235 e. The largest absolute Gasteiger partial charge is 0.461 e. The zero-order valence-electron chi connectivity index (χ0n) is 17.6. The molecule has 2 heterocycles. The Morgan fingerprint density at radius 1 is 1.21 bits per heavy atom. The molecule has 1 aromatic carbocycles. The van der Waals surface area contributed by atoms with Crippen molar-refractivity contribution in [1.29, 1.82) is 0 Å². The number of aromatic nitrogens is 3. The monoisotopic (exact) mass is 398 g/mol. The van der Waals surface area contributed by atoms with E-state index in [4.69, 9.17) is 9.84 Å². The predicted octanol–water partition coefficient (Wildman–Crippen LogP) is 4.12. The number of ether oxygens (including phenoxy) is 1. The van der Waals surface area contributed by atoms with Gasteiger partial charge in [0, 0.05) is 42.5 Å². The van der Waals surface area contributed by atoms with E-state index >= 15 is 0 Å². The summed E-state index contributed by atoms with van der Waals surface area (Å²) in [6.45, 7) is 10.5. The number of amides is 1. The third-order valence-electron chi connectivity index (χ3n) is 4.86. The summed E-state index contributed by atoms with van der Waals surface area (Å²) in [5.41, 5.74) is 4.83. The molecule has 6 nitrogen and oxygen atoms in total. The first-order chi connectivity index (χ1) is 13.8. The lowest BCUT2D eigenvalue weighted by Gasteiger charge is -2.18. The van der Waals surface area contributed by atoms with Crippen LogP contribution in [0.2, 0.25) is 0 Å². The third-order valence-corrected chi connectivity index (χ3v) is 4.86. The van der Waals surface area contributed by atoms with E-state index in [0.29, 0.717) is 30.2 Å². The van der Waals surface area contributed by atoms with Gasteiger partial charge in [-0.05, 0) is 58.0 Å². The number of benzene rings is 1. The molecule has 3 aromatic rings. The number of hydrogen-bond acceptors (Lipinski definition) is 4. The molecule has 0 aliphatic carbocycles. The quantitative estimate of drug-likeness (QED) is 0.601. The van der Waals surface area contributed by atoms with E-state index in [9.17, 15) is 9.18 Å². The van der Waals surface area contributed by atoms with Crippen molar-refractivity contribution in [1.82, 2.24) is 19.5 Å². The summed E-state index contributed by atoms with van der Waals surface area (Å²) in [5.74, 6) is 0.483. The van der Waals surface area contributed by atoms with Gasteiger partial charge in [0.15, 0.2) is 5.65 Å². The predicted molar refractivity (Wildman–Crippen MR) is 111 cm³/mol. The Bertz CT molecular complexity index is 1010. The molecule has 0 aliphatic heterocycles. The lowest BCUT2D eigenvalue weighted by atomic mass is 10.0. The van der Waals surface area contributed by atoms with Crippen LogP contribution in [0.1, 0.15) is 37.7 Å². The highest BCUT2D eigenvalue weighted by molar-refractivity contribution is 5.84. The van der Waals surface area contributed by atoms with Crippen LogP contribution in [0, 0.1) is 13.8 Å². The molecule has 1 atom stereocenters. The van der Waals surface area contributed by atoms with Crippen molar-refractivity contribution in [3.63, 3.8) is 0 Å². The number of rotatable bonds is 7. The molecular formula is C22H27FN4O2. The average Bonchev–Trinajstić information content (AvgIpc) is 3.01. The zero-order valence-corrected chi connectivity index (χ0v) is 17.6. The van der Waals surface area contributed by atoms with Crippen LogP contribution in [0.5, 0.6) is 5.75 Å². The molecule has 0 N–H and O–H groups in total. The van der Waals surface area contributed by atoms with E-state index < -0.39 is 6.36 Å². The first kappa shape index (κ1) is 20.8. The first-order valence-corrected chi connectivity index (χ1v) is 9.88. The van der Waals surface area contributed by atoms with E-state index in [-0.39, 0.29) is 12.3 Å². The van der Waals surface area contributed by atoms with Crippen LogP contribution in [0.15, 0.2) is 30.3 Å². The van der Waals surface area contributed by atoms with Gasteiger partial charge < -0.3 is 9.64 Å². The first-order valence-electron chi connectivity index (χ1n) is 9.88. The average molecular weight is 398 g/mol. The van der Waals surface area contributed by atoms with Crippen LogP contribution in [0.4, 0.5) is 4.39 Å². The Morgan fingerprint density at radius 3 is 2.45 bits per heavy atom. The van der Waals surface area contributed by atoms with Gasteiger partial charge in [0.1, 0.15) is 5.75 Å². The van der Waals surface area contributed by atoms with E-state index in [2.05, 4.69) is 4.98 Å². The maximum Gasteiger partial charge on any atom is 0.235 e. The standard InChI is InChI=1S/C22H27FN4O2/c1-6-26(7-2)20(28)13-19-21(17-8-10-18(11-9-17)29-16(5)23)25-27-15(4)12-14(3)24-22(19)27/h8-12,16H,6-7,13H2,1-5H3.